The first-order valence-electron chi connectivity index (χ1n) is 6.47. The molecule has 0 saturated heterocycles. The Labute approximate surface area is 108 Å². The average Bonchev–Trinajstić information content (AvgIpc) is 2.69. The van der Waals surface area contributed by atoms with Gasteiger partial charge in [-0.3, -0.25) is 4.79 Å². The maximum Gasteiger partial charge on any atom is 0.253 e. The van der Waals surface area contributed by atoms with E-state index in [1.54, 1.807) is 12.3 Å². The van der Waals surface area contributed by atoms with Crippen LogP contribution in [0.2, 0.25) is 0 Å². The van der Waals surface area contributed by atoms with Gasteiger partial charge in [0.25, 0.3) is 5.91 Å². The highest BCUT2D eigenvalue weighted by Crippen LogP contribution is 2.37. The molecule has 98 valence electrons. The highest BCUT2D eigenvalue weighted by Gasteiger charge is 2.35. The lowest BCUT2D eigenvalue weighted by Gasteiger charge is -2.27. The third-order valence-corrected chi connectivity index (χ3v) is 3.84. The number of anilines is 1. The molecule has 2 rings (SSSR count). The zero-order valence-electron chi connectivity index (χ0n) is 11.3. The van der Waals surface area contributed by atoms with Crippen LogP contribution in [0.15, 0.2) is 18.3 Å². The average molecular weight is 247 g/mol. The number of nitrogens with one attached hydrogen (secondary N) is 2. The molecule has 1 aliphatic carbocycles. The molecule has 2 N–H and O–H groups in total. The molecule has 1 amide bonds. The Bertz CT molecular complexity index is 425. The monoisotopic (exact) mass is 247 g/mol. The number of carbonyl (C=O) groups excluding carboxylic acids is 1. The zero-order chi connectivity index (χ0) is 13.2. The molecule has 1 heterocycles. The number of carbonyl (C=O) groups is 1. The standard InChI is InChI=1S/C14H21N3O/c1-14(2)8-4-5-11(14)17-13(18)10-6-7-12(15-3)16-9-10/h6-7,9,11H,4-5,8H2,1-3H3,(H,15,16)(H,17,18). The van der Waals surface area contributed by atoms with Crippen LogP contribution in [-0.2, 0) is 0 Å². The molecule has 1 aliphatic rings. The highest BCUT2D eigenvalue weighted by molar-refractivity contribution is 5.94. The van der Waals surface area contributed by atoms with E-state index in [2.05, 4.69) is 29.5 Å². The van der Waals surface area contributed by atoms with Gasteiger partial charge in [0.15, 0.2) is 0 Å². The van der Waals surface area contributed by atoms with Crippen molar-refractivity contribution in [3.63, 3.8) is 0 Å². The van der Waals surface area contributed by atoms with Crippen molar-refractivity contribution in [2.75, 3.05) is 12.4 Å². The molecule has 0 spiro atoms. The number of rotatable bonds is 3. The molecule has 1 atom stereocenters. The summed E-state index contributed by atoms with van der Waals surface area (Å²) in [6, 6.07) is 3.89. The molecule has 1 aromatic heterocycles. The van der Waals surface area contributed by atoms with E-state index in [1.165, 1.54) is 12.8 Å². The third kappa shape index (κ3) is 2.63. The van der Waals surface area contributed by atoms with Crippen LogP contribution in [0.3, 0.4) is 0 Å². The molecule has 1 unspecified atom stereocenters. The van der Waals surface area contributed by atoms with Crippen LogP contribution in [-0.4, -0.2) is 24.0 Å². The van der Waals surface area contributed by atoms with E-state index >= 15 is 0 Å². The largest absolute Gasteiger partial charge is 0.373 e. The second-order valence-corrected chi connectivity index (χ2v) is 5.59. The van der Waals surface area contributed by atoms with Gasteiger partial charge in [-0.15, -0.1) is 0 Å². The quantitative estimate of drug-likeness (QED) is 0.862. The van der Waals surface area contributed by atoms with Gasteiger partial charge in [0.2, 0.25) is 0 Å². The van der Waals surface area contributed by atoms with Crippen molar-refractivity contribution in [3.05, 3.63) is 23.9 Å². The SMILES string of the molecule is CNc1ccc(C(=O)NC2CCCC2(C)C)cn1. The van der Waals surface area contributed by atoms with E-state index in [0.717, 1.165) is 12.2 Å². The van der Waals surface area contributed by atoms with Crippen molar-refractivity contribution in [1.29, 1.82) is 0 Å². The smallest absolute Gasteiger partial charge is 0.253 e. The summed E-state index contributed by atoms with van der Waals surface area (Å²) in [4.78, 5) is 16.3. The molecular weight excluding hydrogens is 226 g/mol. The van der Waals surface area contributed by atoms with Crippen LogP contribution in [0.4, 0.5) is 5.82 Å². The number of amides is 1. The second-order valence-electron chi connectivity index (χ2n) is 5.59. The number of pyridine rings is 1. The van der Waals surface area contributed by atoms with E-state index in [0.29, 0.717) is 5.56 Å². The lowest BCUT2D eigenvalue weighted by atomic mass is 9.87. The third-order valence-electron chi connectivity index (χ3n) is 3.84. The van der Waals surface area contributed by atoms with Gasteiger partial charge in [-0.1, -0.05) is 20.3 Å². The summed E-state index contributed by atoms with van der Waals surface area (Å²) >= 11 is 0. The summed E-state index contributed by atoms with van der Waals surface area (Å²) in [6.45, 7) is 4.43. The lowest BCUT2D eigenvalue weighted by molar-refractivity contribution is 0.0909. The van der Waals surface area contributed by atoms with Crippen LogP contribution < -0.4 is 10.6 Å². The fourth-order valence-corrected chi connectivity index (χ4v) is 2.51. The molecule has 4 nitrogen and oxygen atoms in total. The zero-order valence-corrected chi connectivity index (χ0v) is 11.3. The number of aromatic nitrogens is 1. The number of nitrogens with zero attached hydrogens (tertiary/aromatic N) is 1. The van der Waals surface area contributed by atoms with Gasteiger partial charge < -0.3 is 10.6 Å². The summed E-state index contributed by atoms with van der Waals surface area (Å²) in [6.07, 6.45) is 5.05. The van der Waals surface area contributed by atoms with Gasteiger partial charge in [-0.2, -0.15) is 0 Å². The topological polar surface area (TPSA) is 54.0 Å². The van der Waals surface area contributed by atoms with Gasteiger partial charge in [0, 0.05) is 19.3 Å². The molecule has 0 aromatic carbocycles. The van der Waals surface area contributed by atoms with Crippen molar-refractivity contribution < 1.29 is 4.79 Å². The summed E-state index contributed by atoms with van der Waals surface area (Å²) in [5.74, 6) is 0.748. The fourth-order valence-electron chi connectivity index (χ4n) is 2.51. The Balaban J connectivity index is 2.03. The van der Waals surface area contributed by atoms with Crippen molar-refractivity contribution in [3.8, 4) is 0 Å². The molecule has 1 saturated carbocycles. The number of hydrogen-bond acceptors (Lipinski definition) is 3. The molecule has 0 bridgehead atoms. The van der Waals surface area contributed by atoms with Crippen molar-refractivity contribution in [2.45, 2.75) is 39.2 Å². The first kappa shape index (κ1) is 12.9. The first-order chi connectivity index (χ1) is 8.53. The fraction of sp³-hybridized carbons (Fsp3) is 0.571. The van der Waals surface area contributed by atoms with Crippen LogP contribution in [0, 0.1) is 5.41 Å². The Kier molecular flexibility index (Phi) is 3.55. The molecule has 1 aromatic rings. The van der Waals surface area contributed by atoms with E-state index in [4.69, 9.17) is 0 Å². The van der Waals surface area contributed by atoms with Gasteiger partial charge in [0.05, 0.1) is 5.56 Å². The first-order valence-corrected chi connectivity index (χ1v) is 6.47. The minimum Gasteiger partial charge on any atom is -0.373 e. The van der Waals surface area contributed by atoms with E-state index < -0.39 is 0 Å². The summed E-state index contributed by atoms with van der Waals surface area (Å²) in [7, 11) is 1.81. The highest BCUT2D eigenvalue weighted by atomic mass is 16.1. The number of hydrogen-bond donors (Lipinski definition) is 2. The van der Waals surface area contributed by atoms with Crippen LogP contribution in [0.25, 0.3) is 0 Å². The minimum atomic E-state index is -0.0230. The molecule has 0 radical (unpaired) electrons. The molecule has 0 aliphatic heterocycles. The predicted octanol–water partition coefficient (Wildman–Crippen LogP) is 2.43. The van der Waals surface area contributed by atoms with Crippen molar-refractivity contribution in [2.24, 2.45) is 5.41 Å². The normalized spacial score (nSPS) is 21.6. The van der Waals surface area contributed by atoms with Crippen LogP contribution in [0.5, 0.6) is 0 Å². The van der Waals surface area contributed by atoms with Crippen LogP contribution >= 0.6 is 0 Å². The Hall–Kier alpha value is -1.58. The van der Waals surface area contributed by atoms with Gasteiger partial charge in [-0.05, 0) is 30.4 Å². The Morgan fingerprint density at radius 2 is 2.22 bits per heavy atom. The molecule has 4 heteroatoms. The maximum absolute atomic E-state index is 12.1. The van der Waals surface area contributed by atoms with Gasteiger partial charge in [-0.25, -0.2) is 4.98 Å². The second kappa shape index (κ2) is 4.96. The maximum atomic E-state index is 12.1. The summed E-state index contributed by atoms with van der Waals surface area (Å²) in [5.41, 5.74) is 0.824. The Morgan fingerprint density at radius 3 is 2.72 bits per heavy atom. The van der Waals surface area contributed by atoms with Crippen LogP contribution in [0.1, 0.15) is 43.5 Å². The van der Waals surface area contributed by atoms with Crippen molar-refractivity contribution >= 4 is 11.7 Å². The van der Waals surface area contributed by atoms with E-state index in [9.17, 15) is 4.79 Å². The molecule has 1 fully saturated rings. The van der Waals surface area contributed by atoms with Gasteiger partial charge >= 0.3 is 0 Å². The predicted molar refractivity (Wildman–Crippen MR) is 72.7 cm³/mol. The Morgan fingerprint density at radius 1 is 1.44 bits per heavy atom. The van der Waals surface area contributed by atoms with E-state index in [1.807, 2.05) is 13.1 Å². The van der Waals surface area contributed by atoms with Crippen molar-refractivity contribution in [1.82, 2.24) is 10.3 Å². The van der Waals surface area contributed by atoms with Gasteiger partial charge in [0.1, 0.15) is 5.82 Å². The minimum absolute atomic E-state index is 0.0230. The molecular formula is C14H21N3O. The summed E-state index contributed by atoms with van der Waals surface area (Å²) < 4.78 is 0. The summed E-state index contributed by atoms with van der Waals surface area (Å²) in [5, 5.41) is 6.06. The molecule has 18 heavy (non-hydrogen) atoms. The van der Waals surface area contributed by atoms with E-state index in [-0.39, 0.29) is 17.4 Å². The lowest BCUT2D eigenvalue weighted by Crippen LogP contribution is -2.41.